The molecule has 0 bridgehead atoms. The van der Waals surface area contributed by atoms with Gasteiger partial charge >= 0.3 is 0 Å². The predicted octanol–water partition coefficient (Wildman–Crippen LogP) is 1.27. The molecule has 114 valence electrons. The SMILES string of the molecule is COCCN(CC(C)C)CC(C)(C)N1CCNCC1. The molecule has 0 spiro atoms. The Morgan fingerprint density at radius 2 is 1.89 bits per heavy atom. The first-order valence-corrected chi connectivity index (χ1v) is 7.63. The molecule has 0 saturated carbocycles. The summed E-state index contributed by atoms with van der Waals surface area (Å²) in [6, 6.07) is 0. The van der Waals surface area contributed by atoms with Crippen molar-refractivity contribution in [1.82, 2.24) is 15.1 Å². The van der Waals surface area contributed by atoms with Crippen molar-refractivity contribution in [1.29, 1.82) is 0 Å². The van der Waals surface area contributed by atoms with Crippen LogP contribution in [0.5, 0.6) is 0 Å². The van der Waals surface area contributed by atoms with Crippen molar-refractivity contribution < 1.29 is 4.74 Å². The van der Waals surface area contributed by atoms with E-state index in [0.717, 1.165) is 52.4 Å². The Hall–Kier alpha value is -0.160. The number of hydrogen-bond donors (Lipinski definition) is 1. The molecule has 4 heteroatoms. The van der Waals surface area contributed by atoms with E-state index in [4.69, 9.17) is 4.74 Å². The van der Waals surface area contributed by atoms with E-state index in [-0.39, 0.29) is 5.54 Å². The van der Waals surface area contributed by atoms with Gasteiger partial charge in [-0.2, -0.15) is 0 Å². The van der Waals surface area contributed by atoms with Crippen molar-refractivity contribution in [3.63, 3.8) is 0 Å². The fraction of sp³-hybridized carbons (Fsp3) is 1.00. The Balaban J connectivity index is 2.53. The second-order valence-corrected chi connectivity index (χ2v) is 6.67. The lowest BCUT2D eigenvalue weighted by molar-refractivity contribution is 0.0481. The number of nitrogens with one attached hydrogen (secondary N) is 1. The Labute approximate surface area is 119 Å². The summed E-state index contributed by atoms with van der Waals surface area (Å²) in [4.78, 5) is 5.17. The van der Waals surface area contributed by atoms with E-state index >= 15 is 0 Å². The monoisotopic (exact) mass is 271 g/mol. The lowest BCUT2D eigenvalue weighted by Crippen LogP contribution is -2.58. The zero-order valence-electron chi connectivity index (χ0n) is 13.5. The van der Waals surface area contributed by atoms with Crippen LogP contribution in [0.3, 0.4) is 0 Å². The zero-order valence-corrected chi connectivity index (χ0v) is 13.5. The van der Waals surface area contributed by atoms with E-state index < -0.39 is 0 Å². The van der Waals surface area contributed by atoms with Crippen molar-refractivity contribution in [2.24, 2.45) is 5.92 Å². The largest absolute Gasteiger partial charge is 0.383 e. The summed E-state index contributed by atoms with van der Waals surface area (Å²) in [5.41, 5.74) is 0.241. The number of piperazine rings is 1. The maximum absolute atomic E-state index is 5.25. The summed E-state index contributed by atoms with van der Waals surface area (Å²) >= 11 is 0. The van der Waals surface area contributed by atoms with Crippen molar-refractivity contribution >= 4 is 0 Å². The second kappa shape index (κ2) is 8.20. The van der Waals surface area contributed by atoms with Crippen LogP contribution in [0.25, 0.3) is 0 Å². The summed E-state index contributed by atoms with van der Waals surface area (Å²) < 4.78 is 5.25. The number of ether oxygens (including phenoxy) is 1. The fourth-order valence-electron chi connectivity index (χ4n) is 2.89. The van der Waals surface area contributed by atoms with Gasteiger partial charge in [-0.15, -0.1) is 0 Å². The van der Waals surface area contributed by atoms with E-state index in [1.165, 1.54) is 0 Å². The quantitative estimate of drug-likeness (QED) is 0.720. The van der Waals surface area contributed by atoms with Gasteiger partial charge < -0.3 is 10.1 Å². The molecule has 0 aromatic rings. The molecule has 1 saturated heterocycles. The smallest absolute Gasteiger partial charge is 0.0589 e. The van der Waals surface area contributed by atoms with Crippen molar-refractivity contribution in [3.05, 3.63) is 0 Å². The van der Waals surface area contributed by atoms with Gasteiger partial charge in [0.05, 0.1) is 6.61 Å². The summed E-state index contributed by atoms with van der Waals surface area (Å²) in [6.45, 7) is 18.0. The first-order chi connectivity index (χ1) is 8.95. The number of hydrogen-bond acceptors (Lipinski definition) is 4. The van der Waals surface area contributed by atoms with E-state index in [2.05, 4.69) is 42.8 Å². The molecule has 4 nitrogen and oxygen atoms in total. The molecule has 1 aliphatic rings. The molecule has 1 heterocycles. The van der Waals surface area contributed by atoms with Crippen LogP contribution in [-0.2, 0) is 4.74 Å². The maximum Gasteiger partial charge on any atom is 0.0589 e. The molecule has 0 amide bonds. The zero-order chi connectivity index (χ0) is 14.3. The number of nitrogens with zero attached hydrogens (tertiary/aromatic N) is 2. The molecular weight excluding hydrogens is 238 g/mol. The Bertz CT molecular complexity index is 238. The molecular formula is C15H33N3O. The average molecular weight is 271 g/mol. The third kappa shape index (κ3) is 6.21. The minimum atomic E-state index is 0.241. The van der Waals surface area contributed by atoms with Crippen molar-refractivity contribution in [2.45, 2.75) is 33.2 Å². The maximum atomic E-state index is 5.25. The highest BCUT2D eigenvalue weighted by molar-refractivity contribution is 4.87. The van der Waals surface area contributed by atoms with Crippen LogP contribution >= 0.6 is 0 Å². The van der Waals surface area contributed by atoms with E-state index in [1.807, 2.05) is 0 Å². The van der Waals surface area contributed by atoms with Crippen LogP contribution in [0, 0.1) is 5.92 Å². The van der Waals surface area contributed by atoms with Gasteiger partial charge in [-0.3, -0.25) is 9.80 Å². The molecule has 1 fully saturated rings. The molecule has 0 aliphatic carbocycles. The highest BCUT2D eigenvalue weighted by atomic mass is 16.5. The van der Waals surface area contributed by atoms with Crippen molar-refractivity contribution in [3.8, 4) is 0 Å². The minimum absolute atomic E-state index is 0.241. The van der Waals surface area contributed by atoms with Crippen LogP contribution in [0.4, 0.5) is 0 Å². The first-order valence-electron chi connectivity index (χ1n) is 7.63. The van der Waals surface area contributed by atoms with Gasteiger partial charge in [-0.1, -0.05) is 13.8 Å². The van der Waals surface area contributed by atoms with Gasteiger partial charge in [0.25, 0.3) is 0 Å². The molecule has 1 rings (SSSR count). The molecule has 0 aromatic carbocycles. The Morgan fingerprint density at radius 1 is 1.26 bits per heavy atom. The van der Waals surface area contributed by atoms with Gasteiger partial charge in [0.2, 0.25) is 0 Å². The molecule has 1 aliphatic heterocycles. The lowest BCUT2D eigenvalue weighted by Gasteiger charge is -2.44. The van der Waals surface area contributed by atoms with Gasteiger partial charge in [-0.05, 0) is 19.8 Å². The molecule has 0 unspecified atom stereocenters. The summed E-state index contributed by atoms with van der Waals surface area (Å²) in [7, 11) is 1.79. The summed E-state index contributed by atoms with van der Waals surface area (Å²) in [5.74, 6) is 0.704. The van der Waals surface area contributed by atoms with Gasteiger partial charge in [0.1, 0.15) is 0 Å². The Morgan fingerprint density at radius 3 is 2.42 bits per heavy atom. The molecule has 0 aromatic heterocycles. The standard InChI is InChI=1S/C15H33N3O/c1-14(2)12-17(10-11-19-5)13-15(3,4)18-8-6-16-7-9-18/h14,16H,6-13H2,1-5H3. The lowest BCUT2D eigenvalue weighted by atomic mass is 10.00. The third-order valence-electron chi connectivity index (χ3n) is 3.82. The molecule has 1 N–H and O–H groups in total. The van der Waals surface area contributed by atoms with Crippen LogP contribution in [0.2, 0.25) is 0 Å². The fourth-order valence-corrected chi connectivity index (χ4v) is 2.89. The number of methoxy groups -OCH3 is 1. The number of rotatable bonds is 8. The molecule has 0 radical (unpaired) electrons. The van der Waals surface area contributed by atoms with E-state index in [1.54, 1.807) is 7.11 Å². The normalized spacial score (nSPS) is 18.5. The van der Waals surface area contributed by atoms with Crippen LogP contribution in [-0.4, -0.2) is 74.9 Å². The minimum Gasteiger partial charge on any atom is -0.383 e. The third-order valence-corrected chi connectivity index (χ3v) is 3.82. The first kappa shape index (κ1) is 16.9. The van der Waals surface area contributed by atoms with Crippen molar-refractivity contribution in [2.75, 3.05) is 59.5 Å². The van der Waals surface area contributed by atoms with Crippen LogP contribution in [0.1, 0.15) is 27.7 Å². The van der Waals surface area contributed by atoms with Gasteiger partial charge in [0.15, 0.2) is 0 Å². The summed E-state index contributed by atoms with van der Waals surface area (Å²) in [5, 5.41) is 3.43. The highest BCUT2D eigenvalue weighted by Crippen LogP contribution is 2.17. The van der Waals surface area contributed by atoms with E-state index in [9.17, 15) is 0 Å². The van der Waals surface area contributed by atoms with E-state index in [0.29, 0.717) is 5.92 Å². The average Bonchev–Trinajstić information content (AvgIpc) is 2.36. The Kier molecular flexibility index (Phi) is 7.29. The topological polar surface area (TPSA) is 27.7 Å². The predicted molar refractivity (Wildman–Crippen MR) is 81.7 cm³/mol. The highest BCUT2D eigenvalue weighted by Gasteiger charge is 2.29. The summed E-state index contributed by atoms with van der Waals surface area (Å²) in [6.07, 6.45) is 0. The molecule has 19 heavy (non-hydrogen) atoms. The van der Waals surface area contributed by atoms with Crippen LogP contribution in [0.15, 0.2) is 0 Å². The molecule has 0 atom stereocenters. The van der Waals surface area contributed by atoms with Crippen LogP contribution < -0.4 is 5.32 Å². The second-order valence-electron chi connectivity index (χ2n) is 6.67. The van der Waals surface area contributed by atoms with Gasteiger partial charge in [-0.25, -0.2) is 0 Å². The van der Waals surface area contributed by atoms with Gasteiger partial charge in [0, 0.05) is 58.5 Å².